The number of nitrogens with one attached hydrogen (secondary N) is 1. The molecule has 0 spiro atoms. The summed E-state index contributed by atoms with van der Waals surface area (Å²) in [7, 11) is 1.65. The summed E-state index contributed by atoms with van der Waals surface area (Å²) in [6.45, 7) is 0.627. The molecule has 0 saturated heterocycles. The van der Waals surface area contributed by atoms with Crippen LogP contribution in [0, 0.1) is 0 Å². The number of benzene rings is 2. The fourth-order valence-electron chi connectivity index (χ4n) is 2.87. The number of methoxy groups -OCH3 is 1. The van der Waals surface area contributed by atoms with E-state index >= 15 is 0 Å². The summed E-state index contributed by atoms with van der Waals surface area (Å²) in [5, 5.41) is 7.27. The smallest absolute Gasteiger partial charge is 0.229 e. The highest BCUT2D eigenvalue weighted by Crippen LogP contribution is 2.26. The van der Waals surface area contributed by atoms with Gasteiger partial charge in [-0.1, -0.05) is 24.3 Å². The molecule has 1 amide bonds. The minimum Gasteiger partial charge on any atom is -0.497 e. The van der Waals surface area contributed by atoms with Crippen LogP contribution in [0.15, 0.2) is 60.8 Å². The first-order chi connectivity index (χ1) is 13.7. The first-order valence-corrected chi connectivity index (χ1v) is 9.40. The lowest BCUT2D eigenvalue weighted by molar-refractivity contribution is -0.115. The van der Waals surface area contributed by atoms with Crippen LogP contribution in [0.25, 0.3) is 0 Å². The Bertz CT molecular complexity index is 928. The lowest BCUT2D eigenvalue weighted by Crippen LogP contribution is -2.15. The maximum absolute atomic E-state index is 12.3. The van der Waals surface area contributed by atoms with Crippen molar-refractivity contribution in [3.63, 3.8) is 0 Å². The molecule has 1 fully saturated rings. The van der Waals surface area contributed by atoms with E-state index in [2.05, 4.69) is 10.4 Å². The number of carbonyl (C=O) groups is 1. The zero-order valence-corrected chi connectivity index (χ0v) is 15.8. The molecular weight excluding hydrogens is 354 g/mol. The van der Waals surface area contributed by atoms with E-state index in [1.54, 1.807) is 17.9 Å². The number of hydrogen-bond donors (Lipinski definition) is 1. The van der Waals surface area contributed by atoms with E-state index in [1.165, 1.54) is 0 Å². The van der Waals surface area contributed by atoms with Gasteiger partial charge in [-0.25, -0.2) is 0 Å². The zero-order chi connectivity index (χ0) is 19.3. The average molecular weight is 377 g/mol. The molecule has 4 rings (SSSR count). The molecule has 28 heavy (non-hydrogen) atoms. The average Bonchev–Trinajstić information content (AvgIpc) is 3.42. The van der Waals surface area contributed by atoms with Crippen molar-refractivity contribution in [2.75, 3.05) is 12.4 Å². The van der Waals surface area contributed by atoms with Gasteiger partial charge in [0, 0.05) is 12.3 Å². The summed E-state index contributed by atoms with van der Waals surface area (Å²) in [4.78, 5) is 12.3. The van der Waals surface area contributed by atoms with Crippen molar-refractivity contribution in [1.29, 1.82) is 0 Å². The van der Waals surface area contributed by atoms with Gasteiger partial charge in [0.05, 0.1) is 26.2 Å². The van der Waals surface area contributed by atoms with Gasteiger partial charge in [0.15, 0.2) is 5.82 Å². The second kappa shape index (κ2) is 8.17. The van der Waals surface area contributed by atoms with Gasteiger partial charge in [0.2, 0.25) is 5.91 Å². The summed E-state index contributed by atoms with van der Waals surface area (Å²) >= 11 is 0. The van der Waals surface area contributed by atoms with Crippen molar-refractivity contribution in [3.05, 3.63) is 71.9 Å². The number of aromatic nitrogens is 2. The maximum Gasteiger partial charge on any atom is 0.229 e. The number of rotatable bonds is 8. The Morgan fingerprint density at radius 1 is 1.04 bits per heavy atom. The van der Waals surface area contributed by atoms with E-state index in [1.807, 2.05) is 54.7 Å². The topological polar surface area (TPSA) is 65.4 Å². The molecule has 0 radical (unpaired) electrons. The minimum atomic E-state index is -0.0921. The molecule has 1 heterocycles. The van der Waals surface area contributed by atoms with Gasteiger partial charge in [-0.3, -0.25) is 9.48 Å². The Balaban J connectivity index is 1.29. The molecule has 3 aromatic rings. The minimum absolute atomic E-state index is 0.0921. The van der Waals surface area contributed by atoms with Crippen LogP contribution in [0.4, 0.5) is 5.82 Å². The molecule has 1 aromatic heterocycles. The first-order valence-electron chi connectivity index (χ1n) is 9.40. The fraction of sp³-hybridized carbons (Fsp3) is 0.273. The number of nitrogens with zero attached hydrogens (tertiary/aromatic N) is 2. The molecule has 1 saturated carbocycles. The lowest BCUT2D eigenvalue weighted by atomic mass is 10.1. The second-order valence-electron chi connectivity index (χ2n) is 6.93. The summed E-state index contributed by atoms with van der Waals surface area (Å²) in [5.74, 6) is 2.14. The lowest BCUT2D eigenvalue weighted by Gasteiger charge is -2.06. The summed E-state index contributed by atoms with van der Waals surface area (Å²) in [6, 6.07) is 17.3. The van der Waals surface area contributed by atoms with Crippen LogP contribution in [0.1, 0.15) is 24.0 Å². The number of hydrogen-bond acceptors (Lipinski definition) is 4. The van der Waals surface area contributed by atoms with Gasteiger partial charge in [-0.15, -0.1) is 0 Å². The van der Waals surface area contributed by atoms with Crippen molar-refractivity contribution in [1.82, 2.24) is 9.78 Å². The molecule has 1 N–H and O–H groups in total. The van der Waals surface area contributed by atoms with Crippen LogP contribution in [-0.4, -0.2) is 28.9 Å². The van der Waals surface area contributed by atoms with Gasteiger partial charge in [-0.05, 0) is 48.2 Å². The molecule has 0 atom stereocenters. The number of ether oxygens (including phenoxy) is 2. The van der Waals surface area contributed by atoms with Crippen LogP contribution in [0.3, 0.4) is 0 Å². The SMILES string of the molecule is COc1ccc(Cn2ccc(NC(=O)Cc3ccc(OC4CC4)cc3)n2)cc1. The van der Waals surface area contributed by atoms with Crippen LogP contribution in [-0.2, 0) is 17.8 Å². The zero-order valence-electron chi connectivity index (χ0n) is 15.8. The quantitative estimate of drug-likeness (QED) is 0.651. The van der Waals surface area contributed by atoms with E-state index in [4.69, 9.17) is 9.47 Å². The van der Waals surface area contributed by atoms with Gasteiger partial charge in [0.25, 0.3) is 0 Å². The fourth-order valence-corrected chi connectivity index (χ4v) is 2.87. The molecule has 2 aromatic carbocycles. The monoisotopic (exact) mass is 377 g/mol. The third kappa shape index (κ3) is 4.91. The largest absolute Gasteiger partial charge is 0.497 e. The third-order valence-electron chi connectivity index (χ3n) is 4.53. The highest BCUT2D eigenvalue weighted by Gasteiger charge is 2.23. The molecule has 0 unspecified atom stereocenters. The molecule has 0 bridgehead atoms. The molecule has 6 nitrogen and oxygen atoms in total. The number of anilines is 1. The predicted octanol–water partition coefficient (Wildman–Crippen LogP) is 3.66. The number of carbonyl (C=O) groups excluding carboxylic acids is 1. The van der Waals surface area contributed by atoms with E-state index in [-0.39, 0.29) is 5.91 Å². The highest BCUT2D eigenvalue weighted by atomic mass is 16.5. The van der Waals surface area contributed by atoms with Crippen molar-refractivity contribution in [3.8, 4) is 11.5 Å². The predicted molar refractivity (Wildman–Crippen MR) is 107 cm³/mol. The third-order valence-corrected chi connectivity index (χ3v) is 4.53. The molecule has 6 heteroatoms. The normalized spacial score (nSPS) is 13.2. The van der Waals surface area contributed by atoms with Crippen molar-refractivity contribution < 1.29 is 14.3 Å². The number of amides is 1. The van der Waals surface area contributed by atoms with E-state index in [9.17, 15) is 4.79 Å². The molecule has 1 aliphatic carbocycles. The summed E-state index contributed by atoms with van der Waals surface area (Å²) in [5.41, 5.74) is 2.05. The Kier molecular flexibility index (Phi) is 5.28. The molecule has 144 valence electrons. The van der Waals surface area contributed by atoms with Crippen LogP contribution >= 0.6 is 0 Å². The van der Waals surface area contributed by atoms with Crippen molar-refractivity contribution >= 4 is 11.7 Å². The standard InChI is InChI=1S/C22H23N3O3/c1-27-18-6-4-17(5-7-18)15-25-13-12-21(24-25)23-22(26)14-16-2-8-19(9-3-16)28-20-10-11-20/h2-9,12-13,20H,10-11,14-15H2,1H3,(H,23,24,26). The Morgan fingerprint density at radius 3 is 2.39 bits per heavy atom. The van der Waals surface area contributed by atoms with Gasteiger partial charge in [0.1, 0.15) is 11.5 Å². The summed E-state index contributed by atoms with van der Waals surface area (Å²) < 4.78 is 12.7. The van der Waals surface area contributed by atoms with E-state index in [0.717, 1.165) is 35.5 Å². The Labute approximate surface area is 164 Å². The van der Waals surface area contributed by atoms with Gasteiger partial charge >= 0.3 is 0 Å². The Hall–Kier alpha value is -3.28. The highest BCUT2D eigenvalue weighted by molar-refractivity contribution is 5.91. The molecule has 1 aliphatic rings. The molecular formula is C22H23N3O3. The Morgan fingerprint density at radius 2 is 1.71 bits per heavy atom. The van der Waals surface area contributed by atoms with E-state index < -0.39 is 0 Å². The first kappa shape index (κ1) is 18.1. The second-order valence-corrected chi connectivity index (χ2v) is 6.93. The molecule has 0 aliphatic heterocycles. The summed E-state index contributed by atoms with van der Waals surface area (Å²) in [6.07, 6.45) is 4.80. The van der Waals surface area contributed by atoms with Gasteiger partial charge < -0.3 is 14.8 Å². The van der Waals surface area contributed by atoms with Crippen LogP contribution in [0.5, 0.6) is 11.5 Å². The van der Waals surface area contributed by atoms with Crippen molar-refractivity contribution in [2.45, 2.75) is 31.9 Å². The van der Waals surface area contributed by atoms with Gasteiger partial charge in [-0.2, -0.15) is 5.10 Å². The van der Waals surface area contributed by atoms with Crippen LogP contribution < -0.4 is 14.8 Å². The van der Waals surface area contributed by atoms with Crippen LogP contribution in [0.2, 0.25) is 0 Å². The van der Waals surface area contributed by atoms with E-state index in [0.29, 0.717) is 24.9 Å². The maximum atomic E-state index is 12.3. The van der Waals surface area contributed by atoms with Crippen molar-refractivity contribution in [2.24, 2.45) is 0 Å².